The number of hydrogen-bond acceptors (Lipinski definition) is 5. The zero-order chi connectivity index (χ0) is 17.9. The molecule has 1 aliphatic heterocycles. The van der Waals surface area contributed by atoms with Crippen LogP contribution in [0.5, 0.6) is 0 Å². The molecule has 1 fully saturated rings. The monoisotopic (exact) mass is 426 g/mol. The molecule has 1 aliphatic rings. The summed E-state index contributed by atoms with van der Waals surface area (Å²) in [5.41, 5.74) is 0.685. The van der Waals surface area contributed by atoms with E-state index in [1.807, 2.05) is 29.2 Å². The number of carbonyl (C=O) groups excluding carboxylic acids is 1. The van der Waals surface area contributed by atoms with Crippen molar-refractivity contribution in [1.82, 2.24) is 4.90 Å². The predicted octanol–water partition coefficient (Wildman–Crippen LogP) is 2.67. The molecule has 2 heterocycles. The lowest BCUT2D eigenvalue weighted by Gasteiger charge is -2.26. The fraction of sp³-hybridized carbons (Fsp3) is 0.353. The highest BCUT2D eigenvalue weighted by molar-refractivity contribution is 9.10. The van der Waals surface area contributed by atoms with Crippen LogP contribution in [-0.4, -0.2) is 43.3 Å². The number of hydrogen-bond donors (Lipinski definition) is 1. The maximum absolute atomic E-state index is 12.5. The molecule has 6 nitrogen and oxygen atoms in total. The molecule has 0 spiro atoms. The van der Waals surface area contributed by atoms with Crippen LogP contribution >= 0.6 is 15.9 Å². The average molecular weight is 427 g/mol. The van der Waals surface area contributed by atoms with E-state index in [-0.39, 0.29) is 30.0 Å². The minimum absolute atomic E-state index is 0.0794. The van der Waals surface area contributed by atoms with Crippen LogP contribution in [0.1, 0.15) is 12.2 Å². The van der Waals surface area contributed by atoms with Crippen molar-refractivity contribution < 1.29 is 17.6 Å². The number of anilines is 1. The highest BCUT2D eigenvalue weighted by Crippen LogP contribution is 2.23. The molecule has 1 aromatic carbocycles. The maximum Gasteiger partial charge on any atom is 0.238 e. The van der Waals surface area contributed by atoms with Gasteiger partial charge < -0.3 is 9.73 Å². The van der Waals surface area contributed by atoms with Gasteiger partial charge in [-0.3, -0.25) is 9.69 Å². The van der Waals surface area contributed by atoms with Crippen LogP contribution in [0.15, 0.2) is 51.6 Å². The molecule has 134 valence electrons. The lowest BCUT2D eigenvalue weighted by Crippen LogP contribution is -2.41. The minimum Gasteiger partial charge on any atom is -0.468 e. The number of sulfone groups is 1. The first-order chi connectivity index (χ1) is 11.9. The second-order valence-electron chi connectivity index (χ2n) is 6.07. The number of para-hydroxylation sites is 1. The fourth-order valence-corrected chi connectivity index (χ4v) is 5.06. The van der Waals surface area contributed by atoms with Crippen molar-refractivity contribution >= 4 is 37.4 Å². The maximum atomic E-state index is 12.5. The van der Waals surface area contributed by atoms with E-state index in [2.05, 4.69) is 21.2 Å². The van der Waals surface area contributed by atoms with Gasteiger partial charge in [-0.1, -0.05) is 12.1 Å². The third kappa shape index (κ3) is 4.93. The Bertz CT molecular complexity index is 836. The van der Waals surface area contributed by atoms with Crippen molar-refractivity contribution in [2.45, 2.75) is 19.0 Å². The summed E-state index contributed by atoms with van der Waals surface area (Å²) < 4.78 is 29.8. The lowest BCUT2D eigenvalue weighted by atomic mass is 10.2. The summed E-state index contributed by atoms with van der Waals surface area (Å²) in [6.45, 7) is 0.499. The summed E-state index contributed by atoms with van der Waals surface area (Å²) in [5, 5.41) is 2.86. The smallest absolute Gasteiger partial charge is 0.238 e. The second kappa shape index (κ2) is 7.72. The molecule has 0 saturated carbocycles. The van der Waals surface area contributed by atoms with Gasteiger partial charge in [0.25, 0.3) is 0 Å². The van der Waals surface area contributed by atoms with Crippen LogP contribution in [-0.2, 0) is 21.2 Å². The van der Waals surface area contributed by atoms with Crippen molar-refractivity contribution in [3.05, 3.63) is 52.9 Å². The molecule has 1 aromatic heterocycles. The molecular formula is C17H19BrN2O4S. The van der Waals surface area contributed by atoms with Gasteiger partial charge in [-0.2, -0.15) is 0 Å². The van der Waals surface area contributed by atoms with E-state index in [0.29, 0.717) is 24.4 Å². The van der Waals surface area contributed by atoms with E-state index in [4.69, 9.17) is 4.42 Å². The number of nitrogens with zero attached hydrogens (tertiary/aromatic N) is 1. The van der Waals surface area contributed by atoms with Gasteiger partial charge in [0.2, 0.25) is 5.91 Å². The molecule has 8 heteroatoms. The largest absolute Gasteiger partial charge is 0.468 e. The zero-order valence-corrected chi connectivity index (χ0v) is 15.9. The molecule has 1 amide bonds. The summed E-state index contributed by atoms with van der Waals surface area (Å²) >= 11 is 3.40. The summed E-state index contributed by atoms with van der Waals surface area (Å²) in [4.78, 5) is 14.3. The molecular weight excluding hydrogens is 408 g/mol. The Morgan fingerprint density at radius 3 is 2.72 bits per heavy atom. The number of halogens is 1. The van der Waals surface area contributed by atoms with Gasteiger partial charge in [0.1, 0.15) is 5.76 Å². The fourth-order valence-electron chi connectivity index (χ4n) is 2.92. The highest BCUT2D eigenvalue weighted by Gasteiger charge is 2.33. The molecule has 25 heavy (non-hydrogen) atoms. The van der Waals surface area contributed by atoms with E-state index in [0.717, 1.165) is 4.47 Å². The molecule has 0 aliphatic carbocycles. The number of furan rings is 1. The van der Waals surface area contributed by atoms with E-state index in [9.17, 15) is 13.2 Å². The van der Waals surface area contributed by atoms with Crippen LogP contribution < -0.4 is 5.32 Å². The highest BCUT2D eigenvalue weighted by atomic mass is 79.9. The van der Waals surface area contributed by atoms with Gasteiger partial charge in [-0.05, 0) is 46.6 Å². The van der Waals surface area contributed by atoms with Crippen LogP contribution in [0, 0.1) is 0 Å². The van der Waals surface area contributed by atoms with Crippen LogP contribution in [0.4, 0.5) is 5.69 Å². The quantitative estimate of drug-likeness (QED) is 0.767. The molecule has 1 atom stereocenters. The predicted molar refractivity (Wildman–Crippen MR) is 98.9 cm³/mol. The average Bonchev–Trinajstić information content (AvgIpc) is 3.18. The van der Waals surface area contributed by atoms with Crippen LogP contribution in [0.3, 0.4) is 0 Å². The summed E-state index contributed by atoms with van der Waals surface area (Å²) in [5.74, 6) is 0.759. The standard InChI is InChI=1S/C17H19BrN2O4S/c18-15-5-1-2-6-16(15)19-17(21)11-20(10-14-4-3-8-24-14)13-7-9-25(22,23)12-13/h1-6,8,13H,7,9-12H2,(H,19,21). The van der Waals surface area contributed by atoms with E-state index in [1.54, 1.807) is 18.4 Å². The topological polar surface area (TPSA) is 79.6 Å². The number of benzene rings is 1. The molecule has 0 bridgehead atoms. The van der Waals surface area contributed by atoms with Gasteiger partial charge in [-0.25, -0.2) is 8.42 Å². The Kier molecular flexibility index (Phi) is 5.61. The Labute approximate surface area is 155 Å². The molecule has 1 unspecified atom stereocenters. The van der Waals surface area contributed by atoms with Crippen molar-refractivity contribution in [3.63, 3.8) is 0 Å². The first-order valence-electron chi connectivity index (χ1n) is 7.94. The molecule has 3 rings (SSSR count). The van der Waals surface area contributed by atoms with E-state index >= 15 is 0 Å². The van der Waals surface area contributed by atoms with Crippen molar-refractivity contribution in [3.8, 4) is 0 Å². The first kappa shape index (κ1) is 18.2. The van der Waals surface area contributed by atoms with Crippen molar-refractivity contribution in [1.29, 1.82) is 0 Å². The third-order valence-corrected chi connectivity index (χ3v) is 6.60. The Balaban J connectivity index is 1.70. The second-order valence-corrected chi connectivity index (χ2v) is 9.15. The van der Waals surface area contributed by atoms with Crippen LogP contribution in [0.25, 0.3) is 0 Å². The Morgan fingerprint density at radius 1 is 1.28 bits per heavy atom. The molecule has 1 N–H and O–H groups in total. The third-order valence-electron chi connectivity index (χ3n) is 4.16. The van der Waals surface area contributed by atoms with Crippen molar-refractivity contribution in [2.75, 3.05) is 23.4 Å². The van der Waals surface area contributed by atoms with Gasteiger partial charge in [-0.15, -0.1) is 0 Å². The summed E-state index contributed by atoms with van der Waals surface area (Å²) in [7, 11) is -3.03. The SMILES string of the molecule is O=C(CN(Cc1ccco1)C1CCS(=O)(=O)C1)Nc1ccccc1Br. The Hall–Kier alpha value is -1.64. The number of amides is 1. The summed E-state index contributed by atoms with van der Waals surface area (Å²) in [6, 6.07) is 10.8. The number of carbonyl (C=O) groups is 1. The number of rotatable bonds is 6. The van der Waals surface area contributed by atoms with Gasteiger partial charge in [0.05, 0.1) is 36.5 Å². The normalized spacial score (nSPS) is 19.2. The van der Waals surface area contributed by atoms with Crippen molar-refractivity contribution in [2.24, 2.45) is 0 Å². The van der Waals surface area contributed by atoms with E-state index in [1.165, 1.54) is 0 Å². The van der Waals surface area contributed by atoms with Gasteiger partial charge >= 0.3 is 0 Å². The minimum atomic E-state index is -3.03. The number of nitrogens with one attached hydrogen (secondary N) is 1. The lowest BCUT2D eigenvalue weighted by molar-refractivity contribution is -0.118. The zero-order valence-electron chi connectivity index (χ0n) is 13.5. The van der Waals surface area contributed by atoms with Gasteiger partial charge in [0, 0.05) is 10.5 Å². The Morgan fingerprint density at radius 2 is 2.08 bits per heavy atom. The first-order valence-corrected chi connectivity index (χ1v) is 10.6. The molecule has 1 saturated heterocycles. The van der Waals surface area contributed by atoms with Crippen LogP contribution in [0.2, 0.25) is 0 Å². The molecule has 0 radical (unpaired) electrons. The molecule has 2 aromatic rings. The van der Waals surface area contributed by atoms with Gasteiger partial charge in [0.15, 0.2) is 9.84 Å². The summed E-state index contributed by atoms with van der Waals surface area (Å²) in [6.07, 6.45) is 2.10. The van der Waals surface area contributed by atoms with E-state index < -0.39 is 9.84 Å².